The first-order valence-electron chi connectivity index (χ1n) is 10.5. The van der Waals surface area contributed by atoms with Crippen molar-refractivity contribution in [2.75, 3.05) is 19.5 Å². The average Bonchev–Trinajstić information content (AvgIpc) is 3.35. The Balaban J connectivity index is 1.55. The Kier molecular flexibility index (Phi) is 5.77. The van der Waals surface area contributed by atoms with E-state index in [1.807, 2.05) is 35.6 Å². The van der Waals surface area contributed by atoms with Crippen LogP contribution in [0.2, 0.25) is 0 Å². The Hall–Kier alpha value is -3.02. The Morgan fingerprint density at radius 2 is 2.00 bits per heavy atom. The van der Waals surface area contributed by atoms with Crippen LogP contribution in [0.3, 0.4) is 0 Å². The SMILES string of the molecule is COCCCn1c(=O)c2ccccc2n2c(SCc3nc(N)c4c(C)c(C)sc4n3)nnc12. The van der Waals surface area contributed by atoms with Crippen molar-refractivity contribution in [3.63, 3.8) is 0 Å². The van der Waals surface area contributed by atoms with Gasteiger partial charge in [0, 0.05) is 25.1 Å². The highest BCUT2D eigenvalue weighted by molar-refractivity contribution is 7.98. The largest absolute Gasteiger partial charge is 0.385 e. The number of rotatable bonds is 7. The number of thiophene rings is 1. The maximum atomic E-state index is 13.1. The van der Waals surface area contributed by atoms with Crippen LogP contribution in [0.4, 0.5) is 5.82 Å². The van der Waals surface area contributed by atoms with Crippen molar-refractivity contribution in [3.8, 4) is 0 Å². The fourth-order valence-corrected chi connectivity index (χ4v) is 5.77. The predicted molar refractivity (Wildman–Crippen MR) is 132 cm³/mol. The van der Waals surface area contributed by atoms with Crippen LogP contribution < -0.4 is 11.3 Å². The van der Waals surface area contributed by atoms with Gasteiger partial charge in [-0.3, -0.25) is 13.8 Å². The quantitative estimate of drug-likeness (QED) is 0.277. The molecule has 0 aliphatic rings. The molecule has 5 rings (SSSR count). The molecule has 0 saturated carbocycles. The second-order valence-electron chi connectivity index (χ2n) is 7.72. The van der Waals surface area contributed by atoms with Crippen LogP contribution in [0.5, 0.6) is 0 Å². The number of methoxy groups -OCH3 is 1. The molecule has 0 atom stereocenters. The maximum absolute atomic E-state index is 13.1. The molecule has 4 heterocycles. The summed E-state index contributed by atoms with van der Waals surface area (Å²) in [6.07, 6.45) is 0.701. The number of hydrogen-bond acceptors (Lipinski definition) is 9. The molecule has 0 saturated heterocycles. The van der Waals surface area contributed by atoms with Gasteiger partial charge in [-0.25, -0.2) is 9.97 Å². The Morgan fingerprint density at radius 3 is 2.82 bits per heavy atom. The molecule has 0 radical (unpaired) electrons. The van der Waals surface area contributed by atoms with Crippen LogP contribution in [-0.2, 0) is 17.0 Å². The highest BCUT2D eigenvalue weighted by Gasteiger charge is 2.18. The summed E-state index contributed by atoms with van der Waals surface area (Å²) in [4.78, 5) is 24.5. The molecule has 0 aliphatic carbocycles. The first kappa shape index (κ1) is 21.8. The van der Waals surface area contributed by atoms with Crippen molar-refractivity contribution in [3.05, 3.63) is 50.9 Å². The molecular weight excluding hydrogens is 458 g/mol. The summed E-state index contributed by atoms with van der Waals surface area (Å²) >= 11 is 3.10. The zero-order chi connectivity index (χ0) is 23.1. The summed E-state index contributed by atoms with van der Waals surface area (Å²) in [6, 6.07) is 7.51. The lowest BCUT2D eigenvalue weighted by atomic mass is 10.2. The number of hydrogen-bond donors (Lipinski definition) is 1. The molecule has 0 amide bonds. The Bertz CT molecular complexity index is 1550. The molecule has 0 spiro atoms. The number of thioether (sulfide) groups is 1. The molecule has 5 aromatic rings. The van der Waals surface area contributed by atoms with E-state index in [2.05, 4.69) is 22.1 Å². The van der Waals surface area contributed by atoms with E-state index >= 15 is 0 Å². The molecule has 0 aliphatic heterocycles. The fraction of sp³-hybridized carbons (Fsp3) is 0.318. The van der Waals surface area contributed by atoms with Crippen molar-refractivity contribution in [2.24, 2.45) is 0 Å². The summed E-state index contributed by atoms with van der Waals surface area (Å²) in [7, 11) is 1.65. The van der Waals surface area contributed by atoms with Crippen molar-refractivity contribution in [1.29, 1.82) is 0 Å². The predicted octanol–water partition coefficient (Wildman–Crippen LogP) is 3.58. The normalized spacial score (nSPS) is 11.8. The van der Waals surface area contributed by atoms with E-state index in [-0.39, 0.29) is 5.56 Å². The van der Waals surface area contributed by atoms with Crippen LogP contribution in [-0.4, -0.2) is 42.8 Å². The monoisotopic (exact) mass is 481 g/mol. The number of anilines is 1. The van der Waals surface area contributed by atoms with Crippen molar-refractivity contribution >= 4 is 55.8 Å². The minimum absolute atomic E-state index is 0.0804. The van der Waals surface area contributed by atoms with Gasteiger partial charge in [-0.15, -0.1) is 21.5 Å². The van der Waals surface area contributed by atoms with Crippen LogP contribution in [0.15, 0.2) is 34.2 Å². The molecule has 33 heavy (non-hydrogen) atoms. The second kappa shape index (κ2) is 8.73. The molecule has 9 nitrogen and oxygen atoms in total. The lowest BCUT2D eigenvalue weighted by Gasteiger charge is -2.11. The first-order chi connectivity index (χ1) is 16.0. The van der Waals surface area contributed by atoms with E-state index in [9.17, 15) is 4.79 Å². The van der Waals surface area contributed by atoms with Crippen molar-refractivity contribution in [2.45, 2.75) is 37.7 Å². The minimum Gasteiger partial charge on any atom is -0.385 e. The van der Waals surface area contributed by atoms with Crippen LogP contribution in [0.1, 0.15) is 22.7 Å². The average molecular weight is 482 g/mol. The van der Waals surface area contributed by atoms with Crippen molar-refractivity contribution < 1.29 is 4.74 Å². The maximum Gasteiger partial charge on any atom is 0.262 e. The molecule has 170 valence electrons. The summed E-state index contributed by atoms with van der Waals surface area (Å²) in [5.74, 6) is 2.13. The van der Waals surface area contributed by atoms with Gasteiger partial charge in [0.2, 0.25) is 5.78 Å². The number of aromatic nitrogens is 6. The molecule has 11 heteroatoms. The number of ether oxygens (including phenoxy) is 1. The van der Waals surface area contributed by atoms with Crippen LogP contribution in [0.25, 0.3) is 26.9 Å². The molecule has 0 unspecified atom stereocenters. The van der Waals surface area contributed by atoms with Gasteiger partial charge < -0.3 is 10.5 Å². The molecule has 0 fully saturated rings. The molecule has 4 aromatic heterocycles. The van der Waals surface area contributed by atoms with Gasteiger partial charge in [0.05, 0.1) is 22.0 Å². The number of nitrogen functional groups attached to an aromatic ring is 1. The van der Waals surface area contributed by atoms with E-state index in [0.29, 0.717) is 53.3 Å². The minimum atomic E-state index is -0.0804. The van der Waals surface area contributed by atoms with E-state index in [1.54, 1.807) is 23.0 Å². The number of aryl methyl sites for hydroxylation is 3. The van der Waals surface area contributed by atoms with Crippen LogP contribution in [0, 0.1) is 13.8 Å². The third-order valence-corrected chi connectivity index (χ3v) is 7.67. The van der Waals surface area contributed by atoms with Gasteiger partial charge in [-0.05, 0) is 38.0 Å². The molecular formula is C22H23N7O2S2. The Labute approximate surface area is 197 Å². The third-order valence-electron chi connectivity index (χ3n) is 5.64. The molecule has 1 aromatic carbocycles. The zero-order valence-electron chi connectivity index (χ0n) is 18.5. The van der Waals surface area contributed by atoms with Gasteiger partial charge in [-0.2, -0.15) is 0 Å². The first-order valence-corrected chi connectivity index (χ1v) is 12.3. The summed E-state index contributed by atoms with van der Waals surface area (Å²) in [5.41, 5.74) is 8.07. The summed E-state index contributed by atoms with van der Waals surface area (Å²) in [6.45, 7) is 5.17. The number of fused-ring (bicyclic) bond motifs is 4. The lowest BCUT2D eigenvalue weighted by Crippen LogP contribution is -2.24. The second-order valence-corrected chi connectivity index (χ2v) is 9.86. The topological polar surface area (TPSA) is 113 Å². The van der Waals surface area contributed by atoms with Gasteiger partial charge in [0.15, 0.2) is 5.16 Å². The van der Waals surface area contributed by atoms with Gasteiger partial charge >= 0.3 is 0 Å². The van der Waals surface area contributed by atoms with E-state index in [1.165, 1.54) is 16.6 Å². The summed E-state index contributed by atoms with van der Waals surface area (Å²) in [5, 5.41) is 11.0. The van der Waals surface area contributed by atoms with E-state index in [4.69, 9.17) is 15.5 Å². The fourth-order valence-electron chi connectivity index (χ4n) is 3.92. The lowest BCUT2D eigenvalue weighted by molar-refractivity contribution is 0.190. The molecule has 2 N–H and O–H groups in total. The number of para-hydroxylation sites is 1. The highest BCUT2D eigenvalue weighted by Crippen LogP contribution is 2.33. The zero-order valence-corrected chi connectivity index (χ0v) is 20.2. The highest BCUT2D eigenvalue weighted by atomic mass is 32.2. The Morgan fingerprint density at radius 1 is 1.18 bits per heavy atom. The van der Waals surface area contributed by atoms with E-state index < -0.39 is 0 Å². The number of nitrogens with two attached hydrogens (primary N) is 1. The standard InChI is InChI=1S/C22H23N7O2S2/c1-12-13(2)33-19-17(12)18(23)24-16(25-19)11-32-22-27-26-21-28(9-6-10-31-3)20(30)14-7-4-5-8-15(14)29(21)22/h4-5,7-8H,6,9-11H2,1-3H3,(H2,23,24,25). The number of nitrogens with zero attached hydrogens (tertiary/aromatic N) is 6. The van der Waals surface area contributed by atoms with E-state index in [0.717, 1.165) is 21.3 Å². The van der Waals surface area contributed by atoms with Crippen molar-refractivity contribution in [1.82, 2.24) is 29.1 Å². The van der Waals surface area contributed by atoms with Crippen LogP contribution >= 0.6 is 23.1 Å². The smallest absolute Gasteiger partial charge is 0.262 e. The summed E-state index contributed by atoms with van der Waals surface area (Å²) < 4.78 is 8.75. The van der Waals surface area contributed by atoms with Gasteiger partial charge in [-0.1, -0.05) is 23.9 Å². The number of benzene rings is 1. The van der Waals surface area contributed by atoms with Gasteiger partial charge in [0.1, 0.15) is 16.5 Å². The molecule has 0 bridgehead atoms. The third kappa shape index (κ3) is 3.75. The van der Waals surface area contributed by atoms with Gasteiger partial charge in [0.25, 0.3) is 5.56 Å².